The molecule has 1 aromatic rings. The number of carboxylic acids is 1. The molecule has 0 amide bonds. The topological polar surface area (TPSA) is 99.4 Å². The first kappa shape index (κ1) is 14.4. The highest BCUT2D eigenvalue weighted by molar-refractivity contribution is 5.74. The molecule has 2 aliphatic heterocycles. The Labute approximate surface area is 122 Å². The van der Waals surface area contributed by atoms with Crippen molar-refractivity contribution in [3.05, 3.63) is 5.82 Å². The van der Waals surface area contributed by atoms with Crippen LogP contribution in [0.15, 0.2) is 0 Å². The maximum Gasteiger partial charge on any atom is 0.311 e. The van der Waals surface area contributed by atoms with Gasteiger partial charge in [-0.1, -0.05) is 0 Å². The van der Waals surface area contributed by atoms with E-state index in [1.807, 2.05) is 6.92 Å². The van der Waals surface area contributed by atoms with E-state index in [2.05, 4.69) is 15.5 Å². The lowest BCUT2D eigenvalue weighted by atomic mass is 9.80. The van der Waals surface area contributed by atoms with E-state index in [-0.39, 0.29) is 18.6 Å². The zero-order valence-electron chi connectivity index (χ0n) is 12.1. The molecule has 0 saturated carbocycles. The maximum atomic E-state index is 11.7. The molecule has 8 nitrogen and oxygen atoms in total. The van der Waals surface area contributed by atoms with Crippen molar-refractivity contribution in [2.75, 3.05) is 19.8 Å². The highest BCUT2D eigenvalue weighted by Crippen LogP contribution is 2.35. The lowest BCUT2D eigenvalue weighted by Gasteiger charge is -2.33. The molecule has 0 bridgehead atoms. The molecule has 0 radical (unpaired) electrons. The number of carbonyl (C=O) groups is 1. The molecule has 2 unspecified atom stereocenters. The first-order valence-corrected chi connectivity index (χ1v) is 7.31. The van der Waals surface area contributed by atoms with Crippen LogP contribution in [0, 0.1) is 5.41 Å². The molecule has 21 heavy (non-hydrogen) atoms. The summed E-state index contributed by atoms with van der Waals surface area (Å²) < 4.78 is 12.5. The summed E-state index contributed by atoms with van der Waals surface area (Å²) in [5, 5.41) is 21.5. The van der Waals surface area contributed by atoms with E-state index in [0.717, 1.165) is 12.2 Å². The largest absolute Gasteiger partial charge is 0.481 e. The second-order valence-electron chi connectivity index (χ2n) is 5.86. The highest BCUT2D eigenvalue weighted by Gasteiger charge is 2.42. The van der Waals surface area contributed by atoms with Crippen LogP contribution < -0.4 is 0 Å². The molecule has 2 atom stereocenters. The zero-order valence-corrected chi connectivity index (χ0v) is 12.1. The van der Waals surface area contributed by atoms with Gasteiger partial charge < -0.3 is 14.6 Å². The molecule has 116 valence electrons. The van der Waals surface area contributed by atoms with Gasteiger partial charge in [-0.15, -0.1) is 5.10 Å². The molecule has 3 rings (SSSR count). The fourth-order valence-corrected chi connectivity index (χ4v) is 3.15. The number of aliphatic carboxylic acids is 1. The van der Waals surface area contributed by atoms with Gasteiger partial charge in [-0.05, 0) is 36.6 Å². The number of carboxylic acid groups (broad SMARTS) is 1. The monoisotopic (exact) mass is 296 g/mol. The van der Waals surface area contributed by atoms with Crippen LogP contribution in [0.2, 0.25) is 0 Å². The van der Waals surface area contributed by atoms with Gasteiger partial charge in [-0.3, -0.25) is 4.79 Å². The van der Waals surface area contributed by atoms with Gasteiger partial charge in [0.05, 0.1) is 18.1 Å². The molecule has 1 N–H and O–H groups in total. The summed E-state index contributed by atoms with van der Waals surface area (Å²) in [6.45, 7) is 3.91. The van der Waals surface area contributed by atoms with Crippen LogP contribution in [0.25, 0.3) is 0 Å². The lowest BCUT2D eigenvalue weighted by molar-refractivity contribution is -0.156. The van der Waals surface area contributed by atoms with Crippen molar-refractivity contribution in [3.63, 3.8) is 0 Å². The molecular formula is C13H20N4O4. The summed E-state index contributed by atoms with van der Waals surface area (Å²) in [7, 11) is 0. The van der Waals surface area contributed by atoms with Gasteiger partial charge in [-0.25, -0.2) is 4.68 Å². The Morgan fingerprint density at radius 2 is 2.19 bits per heavy atom. The van der Waals surface area contributed by atoms with Gasteiger partial charge in [-0.2, -0.15) is 0 Å². The van der Waals surface area contributed by atoms with Gasteiger partial charge in [0.25, 0.3) is 0 Å². The Kier molecular flexibility index (Phi) is 3.90. The minimum atomic E-state index is -0.842. The Balaban J connectivity index is 1.84. The first-order chi connectivity index (χ1) is 10.1. The van der Waals surface area contributed by atoms with Crippen molar-refractivity contribution in [2.24, 2.45) is 5.41 Å². The van der Waals surface area contributed by atoms with Crippen molar-refractivity contribution in [1.29, 1.82) is 0 Å². The highest BCUT2D eigenvalue weighted by atomic mass is 16.5. The summed E-state index contributed by atoms with van der Waals surface area (Å²) in [6.07, 6.45) is 1.90. The van der Waals surface area contributed by atoms with Crippen LogP contribution in [-0.2, 0) is 20.8 Å². The summed E-state index contributed by atoms with van der Waals surface area (Å²) in [5.74, 6) is 0.0563. The van der Waals surface area contributed by atoms with E-state index in [1.165, 1.54) is 0 Å². The first-order valence-electron chi connectivity index (χ1n) is 7.31. The van der Waals surface area contributed by atoms with E-state index >= 15 is 0 Å². The number of ether oxygens (including phenoxy) is 2. The summed E-state index contributed by atoms with van der Waals surface area (Å²) in [4.78, 5) is 11.7. The summed E-state index contributed by atoms with van der Waals surface area (Å²) in [5.41, 5.74) is -0.842. The third kappa shape index (κ3) is 2.65. The molecule has 2 aliphatic rings. The van der Waals surface area contributed by atoms with Crippen LogP contribution in [0.1, 0.15) is 37.9 Å². The SMILES string of the molecule is CC1OCCC1c1nnnn1CC1(C(=O)O)CCOCC1. The standard InChI is InChI=1S/C13H20N4O4/c1-9-10(2-5-21-9)11-14-15-16-17(11)8-13(12(18)19)3-6-20-7-4-13/h9-10H,2-8H2,1H3,(H,18,19). The van der Waals surface area contributed by atoms with Gasteiger partial charge in [0.1, 0.15) is 0 Å². The number of hydrogen-bond acceptors (Lipinski definition) is 6. The molecule has 1 aromatic heterocycles. The van der Waals surface area contributed by atoms with Crippen LogP contribution in [0.3, 0.4) is 0 Å². The van der Waals surface area contributed by atoms with Gasteiger partial charge >= 0.3 is 5.97 Å². The Hall–Kier alpha value is -1.54. The predicted octanol–water partition coefficient (Wildman–Crippen LogP) is 0.447. The molecule has 3 heterocycles. The summed E-state index contributed by atoms with van der Waals surface area (Å²) in [6, 6.07) is 0. The van der Waals surface area contributed by atoms with Gasteiger partial charge in [0, 0.05) is 25.7 Å². The van der Waals surface area contributed by atoms with E-state index in [9.17, 15) is 9.90 Å². The second-order valence-corrected chi connectivity index (χ2v) is 5.86. The van der Waals surface area contributed by atoms with Gasteiger partial charge in [0.2, 0.25) is 0 Å². The third-order valence-corrected chi connectivity index (χ3v) is 4.62. The van der Waals surface area contributed by atoms with E-state index in [1.54, 1.807) is 4.68 Å². The van der Waals surface area contributed by atoms with Crippen molar-refractivity contribution in [2.45, 2.75) is 44.8 Å². The molecule has 0 aliphatic carbocycles. The Morgan fingerprint density at radius 1 is 1.43 bits per heavy atom. The molecule has 0 aromatic carbocycles. The van der Waals surface area contributed by atoms with Crippen LogP contribution >= 0.6 is 0 Å². The van der Waals surface area contributed by atoms with Crippen molar-refractivity contribution in [1.82, 2.24) is 20.2 Å². The number of tetrazole rings is 1. The second kappa shape index (κ2) is 5.69. The average Bonchev–Trinajstić information content (AvgIpc) is 3.08. The van der Waals surface area contributed by atoms with Crippen molar-refractivity contribution in [3.8, 4) is 0 Å². The average molecular weight is 296 g/mol. The normalized spacial score (nSPS) is 28.6. The van der Waals surface area contributed by atoms with E-state index in [4.69, 9.17) is 9.47 Å². The van der Waals surface area contributed by atoms with E-state index in [0.29, 0.717) is 32.7 Å². The fourth-order valence-electron chi connectivity index (χ4n) is 3.15. The van der Waals surface area contributed by atoms with Crippen LogP contribution in [0.4, 0.5) is 0 Å². The lowest BCUT2D eigenvalue weighted by Crippen LogP contribution is -2.41. The molecule has 0 spiro atoms. The van der Waals surface area contributed by atoms with Crippen LogP contribution in [0.5, 0.6) is 0 Å². The molecule has 8 heteroatoms. The summed E-state index contributed by atoms with van der Waals surface area (Å²) >= 11 is 0. The molecule has 2 saturated heterocycles. The fraction of sp³-hybridized carbons (Fsp3) is 0.846. The van der Waals surface area contributed by atoms with Crippen molar-refractivity contribution < 1.29 is 19.4 Å². The third-order valence-electron chi connectivity index (χ3n) is 4.62. The molecule has 2 fully saturated rings. The zero-order chi connectivity index (χ0) is 14.9. The smallest absolute Gasteiger partial charge is 0.311 e. The van der Waals surface area contributed by atoms with Gasteiger partial charge in [0.15, 0.2) is 5.82 Å². The number of nitrogens with zero attached hydrogens (tertiary/aromatic N) is 4. The maximum absolute atomic E-state index is 11.7. The minimum Gasteiger partial charge on any atom is -0.481 e. The Bertz CT molecular complexity index is 512. The number of aromatic nitrogens is 4. The predicted molar refractivity (Wildman–Crippen MR) is 70.7 cm³/mol. The number of rotatable bonds is 4. The minimum absolute atomic E-state index is 0.0604. The van der Waals surface area contributed by atoms with E-state index < -0.39 is 11.4 Å². The van der Waals surface area contributed by atoms with Crippen LogP contribution in [-0.4, -0.2) is 57.2 Å². The Morgan fingerprint density at radius 3 is 2.81 bits per heavy atom. The quantitative estimate of drug-likeness (QED) is 0.860. The molecular weight excluding hydrogens is 276 g/mol. The van der Waals surface area contributed by atoms with Crippen molar-refractivity contribution >= 4 is 5.97 Å². The number of hydrogen-bond donors (Lipinski definition) is 1.